The summed E-state index contributed by atoms with van der Waals surface area (Å²) in [5, 5.41) is 12.3. The molecule has 0 saturated heterocycles. The highest BCUT2D eigenvalue weighted by molar-refractivity contribution is 6.08. The van der Waals surface area contributed by atoms with Crippen LogP contribution in [0.25, 0.3) is 21.8 Å². The summed E-state index contributed by atoms with van der Waals surface area (Å²) in [7, 11) is 0. The number of aromatic hydroxyl groups is 1. The molecule has 1 heterocycles. The van der Waals surface area contributed by atoms with E-state index < -0.39 is 0 Å². The number of benzene rings is 2. The molecule has 3 aromatic rings. The van der Waals surface area contributed by atoms with Crippen LogP contribution < -0.4 is 0 Å². The number of aromatic nitrogens is 1. The van der Waals surface area contributed by atoms with Crippen LogP contribution in [0, 0.1) is 5.92 Å². The molecule has 1 aliphatic rings. The normalized spacial score (nSPS) is 18.0. The lowest BCUT2D eigenvalue weighted by molar-refractivity contribution is 0.272. The van der Waals surface area contributed by atoms with Crippen LogP contribution >= 0.6 is 0 Å². The Morgan fingerprint density at radius 2 is 1.68 bits per heavy atom. The van der Waals surface area contributed by atoms with Gasteiger partial charge in [-0.05, 0) is 49.9 Å². The number of para-hydroxylation sites is 1. The Morgan fingerprint density at radius 1 is 0.955 bits per heavy atom. The lowest BCUT2D eigenvalue weighted by atomic mass is 9.84. The van der Waals surface area contributed by atoms with E-state index in [2.05, 4.69) is 41.8 Å². The Hall–Kier alpha value is -1.96. The van der Waals surface area contributed by atoms with Gasteiger partial charge in [-0.1, -0.05) is 37.5 Å². The van der Waals surface area contributed by atoms with Gasteiger partial charge in [0.2, 0.25) is 0 Å². The van der Waals surface area contributed by atoms with Crippen molar-refractivity contribution in [3.63, 3.8) is 0 Å². The number of hydrogen-bond donors (Lipinski definition) is 1. The Balaban J connectivity index is 1.94. The van der Waals surface area contributed by atoms with Crippen molar-refractivity contribution >= 4 is 21.8 Å². The van der Waals surface area contributed by atoms with Gasteiger partial charge >= 0.3 is 0 Å². The fraction of sp³-hybridized carbons (Fsp3) is 0.400. The lowest BCUT2D eigenvalue weighted by Crippen LogP contribution is -2.19. The maximum absolute atomic E-state index is 9.88. The van der Waals surface area contributed by atoms with Crippen molar-refractivity contribution < 1.29 is 5.11 Å². The van der Waals surface area contributed by atoms with Crippen molar-refractivity contribution in [3.05, 3.63) is 42.5 Å². The summed E-state index contributed by atoms with van der Waals surface area (Å²) in [6.07, 6.45) is 6.81. The minimum absolute atomic E-state index is 0.348. The van der Waals surface area contributed by atoms with Crippen LogP contribution in [0.15, 0.2) is 42.5 Å². The topological polar surface area (TPSA) is 25.2 Å². The predicted octanol–water partition coefficient (Wildman–Crippen LogP) is 5.64. The van der Waals surface area contributed by atoms with Gasteiger partial charge in [-0.25, -0.2) is 0 Å². The van der Waals surface area contributed by atoms with Crippen molar-refractivity contribution in [2.75, 3.05) is 0 Å². The van der Waals surface area contributed by atoms with E-state index in [1.165, 1.54) is 53.9 Å². The molecule has 1 fully saturated rings. The molecular weight excluding hydrogens is 270 g/mol. The molecule has 1 unspecified atom stereocenters. The summed E-state index contributed by atoms with van der Waals surface area (Å²) in [6, 6.07) is 14.9. The number of phenolic OH excluding ortho intramolecular Hbond substituents is 1. The van der Waals surface area contributed by atoms with Crippen molar-refractivity contribution in [3.8, 4) is 5.75 Å². The highest BCUT2D eigenvalue weighted by Crippen LogP contribution is 2.39. The van der Waals surface area contributed by atoms with Crippen LogP contribution in [-0.4, -0.2) is 9.67 Å². The molecule has 1 aromatic heterocycles. The summed E-state index contributed by atoms with van der Waals surface area (Å²) in [5.74, 6) is 1.11. The molecule has 1 atom stereocenters. The first-order chi connectivity index (χ1) is 10.8. The van der Waals surface area contributed by atoms with Gasteiger partial charge in [0.25, 0.3) is 0 Å². The average Bonchev–Trinajstić information content (AvgIpc) is 2.89. The quantitative estimate of drug-likeness (QED) is 0.649. The third-order valence-electron chi connectivity index (χ3n) is 5.43. The average molecular weight is 293 g/mol. The second kappa shape index (κ2) is 5.35. The third-order valence-corrected chi connectivity index (χ3v) is 5.43. The SMILES string of the molecule is CC(C1CCCCC1)n1c2ccccc2c2cc(O)ccc21. The van der Waals surface area contributed by atoms with Crippen LogP contribution in [0.4, 0.5) is 0 Å². The van der Waals surface area contributed by atoms with Crippen LogP contribution in [0.2, 0.25) is 0 Å². The molecule has 2 heteroatoms. The van der Waals surface area contributed by atoms with Gasteiger partial charge in [0.15, 0.2) is 0 Å². The fourth-order valence-electron chi connectivity index (χ4n) is 4.26. The van der Waals surface area contributed by atoms with E-state index in [1.807, 2.05) is 12.1 Å². The van der Waals surface area contributed by atoms with E-state index in [0.29, 0.717) is 11.8 Å². The van der Waals surface area contributed by atoms with Crippen LogP contribution in [0.1, 0.15) is 45.1 Å². The fourth-order valence-corrected chi connectivity index (χ4v) is 4.26. The van der Waals surface area contributed by atoms with Gasteiger partial charge in [0.1, 0.15) is 5.75 Å². The molecule has 0 aliphatic heterocycles. The molecule has 0 bridgehead atoms. The summed E-state index contributed by atoms with van der Waals surface area (Å²) < 4.78 is 2.50. The molecule has 2 nitrogen and oxygen atoms in total. The Bertz CT molecular complexity index is 811. The highest BCUT2D eigenvalue weighted by Gasteiger charge is 2.24. The molecule has 4 rings (SSSR count). The summed E-state index contributed by atoms with van der Waals surface area (Å²) >= 11 is 0. The number of fused-ring (bicyclic) bond motifs is 3. The number of nitrogens with zero attached hydrogens (tertiary/aromatic N) is 1. The van der Waals surface area contributed by atoms with Crippen molar-refractivity contribution in [2.45, 2.75) is 45.1 Å². The van der Waals surface area contributed by atoms with E-state index in [1.54, 1.807) is 0 Å². The van der Waals surface area contributed by atoms with Crippen LogP contribution in [0.3, 0.4) is 0 Å². The highest BCUT2D eigenvalue weighted by atomic mass is 16.3. The molecule has 0 radical (unpaired) electrons. The van der Waals surface area contributed by atoms with E-state index in [4.69, 9.17) is 0 Å². The molecule has 0 spiro atoms. The van der Waals surface area contributed by atoms with E-state index >= 15 is 0 Å². The van der Waals surface area contributed by atoms with Gasteiger partial charge in [0.05, 0.1) is 0 Å². The second-order valence-corrected chi connectivity index (χ2v) is 6.73. The van der Waals surface area contributed by atoms with Crippen molar-refractivity contribution in [1.29, 1.82) is 0 Å². The standard InChI is InChI=1S/C20H23NO/c1-14(15-7-3-2-4-8-15)21-19-10-6-5-9-17(19)18-13-16(22)11-12-20(18)21/h5-6,9-15,22H,2-4,7-8H2,1H3. The molecule has 2 aromatic carbocycles. The molecule has 1 saturated carbocycles. The minimum Gasteiger partial charge on any atom is -0.508 e. The second-order valence-electron chi connectivity index (χ2n) is 6.73. The first-order valence-corrected chi connectivity index (χ1v) is 8.47. The number of rotatable bonds is 2. The summed E-state index contributed by atoms with van der Waals surface area (Å²) in [4.78, 5) is 0. The molecule has 1 N–H and O–H groups in total. The van der Waals surface area contributed by atoms with Gasteiger partial charge < -0.3 is 9.67 Å². The monoisotopic (exact) mass is 293 g/mol. The number of phenols is 1. The van der Waals surface area contributed by atoms with Crippen molar-refractivity contribution in [2.24, 2.45) is 5.92 Å². The first kappa shape index (κ1) is 13.7. The Labute approximate surface area is 131 Å². The summed E-state index contributed by atoms with van der Waals surface area (Å²) in [5.41, 5.74) is 2.54. The van der Waals surface area contributed by atoms with Gasteiger partial charge in [-0.15, -0.1) is 0 Å². The molecule has 1 aliphatic carbocycles. The van der Waals surface area contributed by atoms with E-state index in [0.717, 1.165) is 5.92 Å². The maximum atomic E-state index is 9.88. The zero-order chi connectivity index (χ0) is 15.1. The zero-order valence-electron chi connectivity index (χ0n) is 13.1. The molecule has 0 amide bonds. The largest absolute Gasteiger partial charge is 0.508 e. The molecular formula is C20H23NO. The number of hydrogen-bond acceptors (Lipinski definition) is 1. The van der Waals surface area contributed by atoms with E-state index in [-0.39, 0.29) is 0 Å². The molecule has 114 valence electrons. The van der Waals surface area contributed by atoms with Gasteiger partial charge in [-0.2, -0.15) is 0 Å². The third kappa shape index (κ3) is 2.09. The molecule has 22 heavy (non-hydrogen) atoms. The van der Waals surface area contributed by atoms with Gasteiger partial charge in [-0.3, -0.25) is 0 Å². The zero-order valence-corrected chi connectivity index (χ0v) is 13.1. The predicted molar refractivity (Wildman–Crippen MR) is 92.4 cm³/mol. The maximum Gasteiger partial charge on any atom is 0.116 e. The lowest BCUT2D eigenvalue weighted by Gasteiger charge is -2.30. The van der Waals surface area contributed by atoms with Crippen LogP contribution in [0.5, 0.6) is 5.75 Å². The Morgan fingerprint density at radius 3 is 2.50 bits per heavy atom. The van der Waals surface area contributed by atoms with Gasteiger partial charge in [0, 0.05) is 27.8 Å². The first-order valence-electron chi connectivity index (χ1n) is 8.47. The van der Waals surface area contributed by atoms with E-state index in [9.17, 15) is 5.11 Å². The van der Waals surface area contributed by atoms with Crippen molar-refractivity contribution in [1.82, 2.24) is 4.57 Å². The smallest absolute Gasteiger partial charge is 0.116 e. The minimum atomic E-state index is 0.348. The van der Waals surface area contributed by atoms with Crippen LogP contribution in [-0.2, 0) is 0 Å². The summed E-state index contributed by atoms with van der Waals surface area (Å²) in [6.45, 7) is 2.37. The Kier molecular flexibility index (Phi) is 3.33.